The van der Waals surface area contributed by atoms with Crippen LogP contribution in [0.1, 0.15) is 10.4 Å². The largest absolute Gasteiger partial charge is 0.398 e. The van der Waals surface area contributed by atoms with E-state index in [9.17, 15) is 8.42 Å². The molecule has 2 rings (SSSR count). The van der Waals surface area contributed by atoms with E-state index in [1.807, 2.05) is 0 Å². The van der Waals surface area contributed by atoms with Crippen LogP contribution in [0.25, 0.3) is 0 Å². The molecule has 0 aliphatic carbocycles. The van der Waals surface area contributed by atoms with E-state index >= 15 is 0 Å². The van der Waals surface area contributed by atoms with Gasteiger partial charge in [0, 0.05) is 27.8 Å². The Hall–Kier alpha value is -0.960. The van der Waals surface area contributed by atoms with Gasteiger partial charge in [-0.25, -0.2) is 13.1 Å². The first-order chi connectivity index (χ1) is 8.90. The van der Waals surface area contributed by atoms with Crippen molar-refractivity contribution in [2.75, 3.05) is 5.73 Å². The van der Waals surface area contributed by atoms with E-state index in [0.717, 1.165) is 4.88 Å². The molecule has 1 heterocycles. The summed E-state index contributed by atoms with van der Waals surface area (Å²) in [5.74, 6) is 0. The SMILES string of the molecule is Cc1c(N)cc(Br)cc1S(=O)(=O)NCc1cncs1. The van der Waals surface area contributed by atoms with Crippen molar-refractivity contribution in [2.24, 2.45) is 0 Å². The van der Waals surface area contributed by atoms with Crippen LogP contribution in [0.15, 0.2) is 33.2 Å². The Balaban J connectivity index is 2.29. The van der Waals surface area contributed by atoms with E-state index in [-0.39, 0.29) is 11.4 Å². The Morgan fingerprint density at radius 1 is 1.47 bits per heavy atom. The van der Waals surface area contributed by atoms with Crippen molar-refractivity contribution in [3.63, 3.8) is 0 Å². The van der Waals surface area contributed by atoms with Crippen LogP contribution in [0.3, 0.4) is 0 Å². The average Bonchev–Trinajstić information content (AvgIpc) is 2.84. The van der Waals surface area contributed by atoms with E-state index in [1.165, 1.54) is 11.3 Å². The third kappa shape index (κ3) is 3.33. The molecule has 0 saturated carbocycles. The molecule has 0 amide bonds. The number of hydrogen-bond acceptors (Lipinski definition) is 5. The van der Waals surface area contributed by atoms with Gasteiger partial charge in [0.2, 0.25) is 10.0 Å². The molecular weight excluding hydrogens is 350 g/mol. The molecule has 0 saturated heterocycles. The normalized spacial score (nSPS) is 11.7. The standard InChI is InChI=1S/C11H12BrN3O2S2/c1-7-10(13)2-8(12)3-11(7)19(16,17)15-5-9-4-14-6-18-9/h2-4,6,15H,5,13H2,1H3. The number of anilines is 1. The van der Waals surface area contributed by atoms with Crippen LogP contribution in [0.4, 0.5) is 5.69 Å². The maximum absolute atomic E-state index is 12.2. The molecule has 0 radical (unpaired) electrons. The predicted octanol–water partition coefficient (Wildman–Crippen LogP) is 2.27. The molecule has 5 nitrogen and oxygen atoms in total. The smallest absolute Gasteiger partial charge is 0.241 e. The van der Waals surface area contributed by atoms with Crippen LogP contribution >= 0.6 is 27.3 Å². The number of halogens is 1. The molecule has 0 bridgehead atoms. The second-order valence-electron chi connectivity index (χ2n) is 3.91. The molecule has 1 aromatic heterocycles. The Morgan fingerprint density at radius 2 is 2.21 bits per heavy atom. The van der Waals surface area contributed by atoms with Crippen molar-refractivity contribution in [2.45, 2.75) is 18.4 Å². The topological polar surface area (TPSA) is 85.1 Å². The molecule has 0 atom stereocenters. The van der Waals surface area contributed by atoms with Crippen LogP contribution < -0.4 is 10.5 Å². The van der Waals surface area contributed by atoms with Crippen LogP contribution in [0.5, 0.6) is 0 Å². The summed E-state index contributed by atoms with van der Waals surface area (Å²) in [6.07, 6.45) is 1.63. The lowest BCUT2D eigenvalue weighted by molar-refractivity contribution is 0.581. The minimum atomic E-state index is -3.59. The fourth-order valence-corrected chi connectivity index (χ4v) is 4.08. The third-order valence-corrected chi connectivity index (χ3v) is 5.34. The summed E-state index contributed by atoms with van der Waals surface area (Å²) >= 11 is 4.65. The van der Waals surface area contributed by atoms with Crippen LogP contribution in [-0.4, -0.2) is 13.4 Å². The molecule has 0 aliphatic rings. The van der Waals surface area contributed by atoms with Crippen molar-refractivity contribution in [3.8, 4) is 0 Å². The highest BCUT2D eigenvalue weighted by atomic mass is 79.9. The lowest BCUT2D eigenvalue weighted by Crippen LogP contribution is -2.24. The molecule has 0 aliphatic heterocycles. The molecule has 0 spiro atoms. The van der Waals surface area contributed by atoms with Crippen molar-refractivity contribution >= 4 is 43.0 Å². The molecule has 8 heteroatoms. The number of thiazole rings is 1. The summed E-state index contributed by atoms with van der Waals surface area (Å²) < 4.78 is 27.7. The first-order valence-electron chi connectivity index (χ1n) is 5.33. The van der Waals surface area contributed by atoms with Crippen molar-refractivity contribution in [1.82, 2.24) is 9.71 Å². The quantitative estimate of drug-likeness (QED) is 0.818. The van der Waals surface area contributed by atoms with E-state index in [4.69, 9.17) is 5.73 Å². The monoisotopic (exact) mass is 361 g/mol. The number of sulfonamides is 1. The van der Waals surface area contributed by atoms with Crippen molar-refractivity contribution < 1.29 is 8.42 Å². The summed E-state index contributed by atoms with van der Waals surface area (Å²) in [5, 5.41) is 0. The lowest BCUT2D eigenvalue weighted by atomic mass is 10.2. The number of nitrogen functional groups attached to an aromatic ring is 1. The van der Waals surface area contributed by atoms with Gasteiger partial charge in [-0.15, -0.1) is 11.3 Å². The van der Waals surface area contributed by atoms with Crippen LogP contribution in [0, 0.1) is 6.92 Å². The zero-order valence-corrected chi connectivity index (χ0v) is 13.3. The highest BCUT2D eigenvalue weighted by molar-refractivity contribution is 9.10. The van der Waals surface area contributed by atoms with Gasteiger partial charge in [0.05, 0.1) is 10.4 Å². The molecule has 0 unspecified atom stereocenters. The number of nitrogens with two attached hydrogens (primary N) is 1. The molecule has 0 fully saturated rings. The van der Waals surface area contributed by atoms with E-state index in [0.29, 0.717) is 15.7 Å². The Labute approximate surface area is 124 Å². The van der Waals surface area contributed by atoms with E-state index in [2.05, 4.69) is 25.6 Å². The molecule has 102 valence electrons. The molecule has 1 aromatic carbocycles. The fourth-order valence-electron chi connectivity index (χ4n) is 1.53. The zero-order valence-electron chi connectivity index (χ0n) is 10.1. The Kier molecular flexibility index (Phi) is 4.24. The highest BCUT2D eigenvalue weighted by Gasteiger charge is 2.19. The maximum Gasteiger partial charge on any atom is 0.241 e. The van der Waals surface area contributed by atoms with Gasteiger partial charge < -0.3 is 5.73 Å². The van der Waals surface area contributed by atoms with Gasteiger partial charge in [-0.05, 0) is 24.6 Å². The second-order valence-corrected chi connectivity index (χ2v) is 7.53. The van der Waals surface area contributed by atoms with Crippen molar-refractivity contribution in [3.05, 3.63) is 38.8 Å². The number of aromatic nitrogens is 1. The van der Waals surface area contributed by atoms with Gasteiger partial charge >= 0.3 is 0 Å². The summed E-state index contributed by atoms with van der Waals surface area (Å²) in [6, 6.07) is 3.22. The first-order valence-corrected chi connectivity index (χ1v) is 8.48. The lowest BCUT2D eigenvalue weighted by Gasteiger charge is -2.11. The van der Waals surface area contributed by atoms with Crippen molar-refractivity contribution in [1.29, 1.82) is 0 Å². The highest BCUT2D eigenvalue weighted by Crippen LogP contribution is 2.26. The number of nitrogens with zero attached hydrogens (tertiary/aromatic N) is 1. The van der Waals surface area contributed by atoms with Gasteiger partial charge in [-0.1, -0.05) is 15.9 Å². The average molecular weight is 362 g/mol. The van der Waals surface area contributed by atoms with Crippen LogP contribution in [-0.2, 0) is 16.6 Å². The van der Waals surface area contributed by atoms with Gasteiger partial charge in [-0.3, -0.25) is 4.98 Å². The maximum atomic E-state index is 12.2. The van der Waals surface area contributed by atoms with Gasteiger partial charge in [-0.2, -0.15) is 0 Å². The number of hydrogen-bond donors (Lipinski definition) is 2. The Morgan fingerprint density at radius 3 is 2.84 bits per heavy atom. The predicted molar refractivity (Wildman–Crippen MR) is 79.4 cm³/mol. The molecule has 3 N–H and O–H groups in total. The molecular formula is C11H12BrN3O2S2. The minimum absolute atomic E-state index is 0.184. The number of nitrogens with one attached hydrogen (secondary N) is 1. The Bertz CT molecular complexity index is 684. The third-order valence-electron chi connectivity index (χ3n) is 2.57. The number of benzene rings is 1. The van der Waals surface area contributed by atoms with Gasteiger partial charge in [0.25, 0.3) is 0 Å². The fraction of sp³-hybridized carbons (Fsp3) is 0.182. The summed E-state index contributed by atoms with van der Waals surface area (Å²) in [7, 11) is -3.59. The molecule has 19 heavy (non-hydrogen) atoms. The van der Waals surface area contributed by atoms with Gasteiger partial charge in [0.1, 0.15) is 0 Å². The first kappa shape index (κ1) is 14.4. The number of rotatable bonds is 4. The van der Waals surface area contributed by atoms with Crippen LogP contribution in [0.2, 0.25) is 0 Å². The summed E-state index contributed by atoms with van der Waals surface area (Å²) in [6.45, 7) is 1.90. The minimum Gasteiger partial charge on any atom is -0.398 e. The zero-order chi connectivity index (χ0) is 14.0. The summed E-state index contributed by atoms with van der Waals surface area (Å²) in [4.78, 5) is 4.93. The second kappa shape index (κ2) is 5.58. The van der Waals surface area contributed by atoms with E-state index in [1.54, 1.807) is 30.8 Å². The van der Waals surface area contributed by atoms with Gasteiger partial charge in [0.15, 0.2) is 0 Å². The van der Waals surface area contributed by atoms with E-state index < -0.39 is 10.0 Å². The molecule has 2 aromatic rings. The summed E-state index contributed by atoms with van der Waals surface area (Å²) in [5.41, 5.74) is 8.42.